The van der Waals surface area contributed by atoms with Crippen molar-refractivity contribution in [3.05, 3.63) is 0 Å². The fraction of sp³-hybridized carbons (Fsp3) is 0.909. The predicted octanol–water partition coefficient (Wildman–Crippen LogP) is -0.0323. The highest BCUT2D eigenvalue weighted by Crippen LogP contribution is 2.29. The Hall–Kier alpha value is -0.610. The lowest BCUT2D eigenvalue weighted by Gasteiger charge is -2.22. The number of aliphatic hydroxyl groups is 1. The van der Waals surface area contributed by atoms with E-state index in [1.807, 2.05) is 4.90 Å². The maximum atomic E-state index is 12.0. The summed E-state index contributed by atoms with van der Waals surface area (Å²) in [6.45, 7) is 6.64. The van der Waals surface area contributed by atoms with Gasteiger partial charge in [-0.05, 0) is 18.3 Å². The number of nitrogens with zero attached hydrogens (tertiary/aromatic N) is 1. The van der Waals surface area contributed by atoms with Gasteiger partial charge >= 0.3 is 0 Å². The summed E-state index contributed by atoms with van der Waals surface area (Å²) in [5, 5.41) is 12.4. The zero-order valence-electron chi connectivity index (χ0n) is 9.49. The largest absolute Gasteiger partial charge is 0.392 e. The van der Waals surface area contributed by atoms with Crippen LogP contribution < -0.4 is 5.32 Å². The van der Waals surface area contributed by atoms with Gasteiger partial charge in [0.25, 0.3) is 0 Å². The van der Waals surface area contributed by atoms with Gasteiger partial charge in [-0.3, -0.25) is 4.79 Å². The first kappa shape index (κ1) is 10.9. The van der Waals surface area contributed by atoms with Gasteiger partial charge < -0.3 is 15.3 Å². The Morgan fingerprint density at radius 2 is 2.27 bits per heavy atom. The zero-order valence-corrected chi connectivity index (χ0v) is 9.49. The Kier molecular flexibility index (Phi) is 2.73. The molecule has 2 fully saturated rings. The van der Waals surface area contributed by atoms with Gasteiger partial charge in [0.1, 0.15) is 0 Å². The third-order valence-corrected chi connectivity index (χ3v) is 3.39. The lowest BCUT2D eigenvalue weighted by atomic mass is 9.93. The SMILES string of the molecule is CC1(C)CCN(C(=O)C2CC(O)CN2)C1. The molecule has 2 aliphatic heterocycles. The van der Waals surface area contributed by atoms with E-state index < -0.39 is 0 Å². The molecule has 0 aliphatic carbocycles. The molecule has 2 aliphatic rings. The highest BCUT2D eigenvalue weighted by molar-refractivity contribution is 5.82. The van der Waals surface area contributed by atoms with Crippen LogP contribution in [0.15, 0.2) is 0 Å². The van der Waals surface area contributed by atoms with E-state index in [1.54, 1.807) is 0 Å². The third kappa shape index (κ3) is 2.32. The van der Waals surface area contributed by atoms with Gasteiger partial charge in [0.2, 0.25) is 5.91 Å². The van der Waals surface area contributed by atoms with E-state index in [4.69, 9.17) is 0 Å². The standard InChI is InChI=1S/C11H20N2O2/c1-11(2)3-4-13(7-11)10(15)9-5-8(14)6-12-9/h8-9,12,14H,3-7H2,1-2H3. The maximum Gasteiger partial charge on any atom is 0.239 e. The van der Waals surface area contributed by atoms with Crippen LogP contribution >= 0.6 is 0 Å². The molecule has 2 heterocycles. The van der Waals surface area contributed by atoms with Crippen molar-refractivity contribution in [3.63, 3.8) is 0 Å². The van der Waals surface area contributed by atoms with Crippen molar-refractivity contribution in [2.24, 2.45) is 5.41 Å². The molecular formula is C11H20N2O2. The minimum absolute atomic E-state index is 0.158. The summed E-state index contributed by atoms with van der Waals surface area (Å²) in [5.41, 5.74) is 0.257. The number of aliphatic hydroxyl groups excluding tert-OH is 1. The van der Waals surface area contributed by atoms with Crippen LogP contribution in [0.5, 0.6) is 0 Å². The number of hydrogen-bond donors (Lipinski definition) is 2. The van der Waals surface area contributed by atoms with Crippen molar-refractivity contribution in [2.75, 3.05) is 19.6 Å². The summed E-state index contributed by atoms with van der Waals surface area (Å²) in [7, 11) is 0. The van der Waals surface area contributed by atoms with Crippen molar-refractivity contribution >= 4 is 5.91 Å². The topological polar surface area (TPSA) is 52.6 Å². The molecule has 0 aromatic rings. The van der Waals surface area contributed by atoms with Gasteiger partial charge in [-0.25, -0.2) is 0 Å². The average Bonchev–Trinajstić information content (AvgIpc) is 2.71. The van der Waals surface area contributed by atoms with E-state index in [0.29, 0.717) is 13.0 Å². The molecular weight excluding hydrogens is 192 g/mol. The van der Waals surface area contributed by atoms with Gasteiger partial charge in [0.15, 0.2) is 0 Å². The smallest absolute Gasteiger partial charge is 0.239 e. The number of hydrogen-bond acceptors (Lipinski definition) is 3. The molecule has 0 aromatic carbocycles. The minimum Gasteiger partial charge on any atom is -0.392 e. The van der Waals surface area contributed by atoms with Gasteiger partial charge in [0, 0.05) is 19.6 Å². The Morgan fingerprint density at radius 3 is 2.73 bits per heavy atom. The second-order valence-corrected chi connectivity index (χ2v) is 5.52. The van der Waals surface area contributed by atoms with Crippen LogP contribution in [0.1, 0.15) is 26.7 Å². The fourth-order valence-corrected chi connectivity index (χ4v) is 2.43. The summed E-state index contributed by atoms with van der Waals surface area (Å²) < 4.78 is 0. The molecule has 86 valence electrons. The summed E-state index contributed by atoms with van der Waals surface area (Å²) >= 11 is 0. The Morgan fingerprint density at radius 1 is 1.53 bits per heavy atom. The van der Waals surface area contributed by atoms with Crippen molar-refractivity contribution in [1.29, 1.82) is 0 Å². The third-order valence-electron chi connectivity index (χ3n) is 3.39. The van der Waals surface area contributed by atoms with Gasteiger partial charge in [-0.1, -0.05) is 13.8 Å². The number of amides is 1. The Balaban J connectivity index is 1.92. The lowest BCUT2D eigenvalue weighted by Crippen LogP contribution is -2.42. The summed E-state index contributed by atoms with van der Waals surface area (Å²) in [5.74, 6) is 0.164. The molecule has 4 heteroatoms. The van der Waals surface area contributed by atoms with Gasteiger partial charge in [-0.15, -0.1) is 0 Å². The van der Waals surface area contributed by atoms with Crippen LogP contribution in [0.4, 0.5) is 0 Å². The van der Waals surface area contributed by atoms with E-state index in [9.17, 15) is 9.90 Å². The lowest BCUT2D eigenvalue weighted by molar-refractivity contribution is -0.132. The van der Waals surface area contributed by atoms with Crippen LogP contribution in [0.2, 0.25) is 0 Å². The summed E-state index contributed by atoms with van der Waals surface area (Å²) in [6.07, 6.45) is 1.29. The van der Waals surface area contributed by atoms with Crippen LogP contribution in [0, 0.1) is 5.41 Å². The molecule has 0 spiro atoms. The molecule has 2 saturated heterocycles. The van der Waals surface area contributed by atoms with E-state index in [1.165, 1.54) is 0 Å². The van der Waals surface area contributed by atoms with Crippen molar-refractivity contribution < 1.29 is 9.90 Å². The number of carbonyl (C=O) groups excluding carboxylic acids is 1. The number of carbonyl (C=O) groups is 1. The Labute approximate surface area is 90.6 Å². The minimum atomic E-state index is -0.352. The number of β-amino-alcohol motifs (C(OH)–C–C–N with tert-alkyl or cyclic N) is 1. The molecule has 15 heavy (non-hydrogen) atoms. The molecule has 2 atom stereocenters. The molecule has 2 N–H and O–H groups in total. The Bertz CT molecular complexity index is 265. The van der Waals surface area contributed by atoms with Crippen molar-refractivity contribution in [3.8, 4) is 0 Å². The normalized spacial score (nSPS) is 34.7. The first-order valence-corrected chi connectivity index (χ1v) is 5.68. The first-order chi connectivity index (χ1) is 6.98. The second-order valence-electron chi connectivity index (χ2n) is 5.52. The number of likely N-dealkylation sites (tertiary alicyclic amines) is 1. The predicted molar refractivity (Wildman–Crippen MR) is 57.4 cm³/mol. The summed E-state index contributed by atoms with van der Waals surface area (Å²) in [6, 6.07) is -0.158. The maximum absolute atomic E-state index is 12.0. The molecule has 0 bridgehead atoms. The van der Waals surface area contributed by atoms with E-state index in [0.717, 1.165) is 19.5 Å². The molecule has 4 nitrogen and oxygen atoms in total. The van der Waals surface area contributed by atoms with Crippen LogP contribution in [0.3, 0.4) is 0 Å². The number of rotatable bonds is 1. The van der Waals surface area contributed by atoms with E-state index in [2.05, 4.69) is 19.2 Å². The quantitative estimate of drug-likeness (QED) is 0.641. The van der Waals surface area contributed by atoms with Crippen LogP contribution in [-0.2, 0) is 4.79 Å². The molecule has 0 aromatic heterocycles. The van der Waals surface area contributed by atoms with Gasteiger partial charge in [0.05, 0.1) is 12.1 Å². The fourth-order valence-electron chi connectivity index (χ4n) is 2.43. The van der Waals surface area contributed by atoms with Crippen molar-refractivity contribution in [1.82, 2.24) is 10.2 Å². The molecule has 0 radical (unpaired) electrons. The average molecular weight is 212 g/mol. The van der Waals surface area contributed by atoms with E-state index >= 15 is 0 Å². The zero-order chi connectivity index (χ0) is 11.1. The molecule has 1 amide bonds. The van der Waals surface area contributed by atoms with Crippen LogP contribution in [0.25, 0.3) is 0 Å². The van der Waals surface area contributed by atoms with Crippen LogP contribution in [-0.4, -0.2) is 47.7 Å². The summed E-state index contributed by atoms with van der Waals surface area (Å²) in [4.78, 5) is 14.0. The van der Waals surface area contributed by atoms with Crippen molar-refractivity contribution in [2.45, 2.75) is 38.8 Å². The molecule has 2 rings (SSSR count). The van der Waals surface area contributed by atoms with Gasteiger partial charge in [-0.2, -0.15) is 0 Å². The van der Waals surface area contributed by atoms with E-state index in [-0.39, 0.29) is 23.5 Å². The first-order valence-electron chi connectivity index (χ1n) is 5.68. The molecule has 0 saturated carbocycles. The number of nitrogens with one attached hydrogen (secondary N) is 1. The highest BCUT2D eigenvalue weighted by Gasteiger charge is 2.37. The second kappa shape index (κ2) is 3.76. The monoisotopic (exact) mass is 212 g/mol. The molecule has 2 unspecified atom stereocenters. The highest BCUT2D eigenvalue weighted by atomic mass is 16.3.